The Kier molecular flexibility index (Phi) is 2.26. The molecule has 1 heteroatoms. The Bertz CT molecular complexity index is 303. The molecular weight excluding hydrogens is 170 g/mol. The van der Waals surface area contributed by atoms with E-state index in [9.17, 15) is 0 Å². The van der Waals surface area contributed by atoms with Crippen molar-refractivity contribution in [3.8, 4) is 0 Å². The fourth-order valence-electron chi connectivity index (χ4n) is 2.26. The summed E-state index contributed by atoms with van der Waals surface area (Å²) in [5.41, 5.74) is 3.14. The van der Waals surface area contributed by atoms with Crippen molar-refractivity contribution in [3.05, 3.63) is 29.8 Å². The van der Waals surface area contributed by atoms with Crippen LogP contribution in [-0.2, 0) is 0 Å². The van der Waals surface area contributed by atoms with Crippen molar-refractivity contribution in [2.45, 2.75) is 39.7 Å². The van der Waals surface area contributed by atoms with Crippen LogP contribution >= 0.6 is 0 Å². The first-order valence-corrected chi connectivity index (χ1v) is 5.38. The van der Waals surface area contributed by atoms with Crippen molar-refractivity contribution in [2.75, 3.05) is 5.32 Å². The van der Waals surface area contributed by atoms with Gasteiger partial charge in [-0.3, -0.25) is 0 Å². The van der Waals surface area contributed by atoms with E-state index in [1.807, 2.05) is 0 Å². The Balaban J connectivity index is 1.90. The number of aryl methyl sites for hydroxylation is 1. The Morgan fingerprint density at radius 2 is 1.71 bits per heavy atom. The molecule has 0 saturated heterocycles. The lowest BCUT2D eigenvalue weighted by Gasteiger charge is -2.43. The molecule has 0 aliphatic heterocycles. The molecule has 14 heavy (non-hydrogen) atoms. The molecule has 0 heterocycles. The summed E-state index contributed by atoms with van der Waals surface area (Å²) in [4.78, 5) is 0. The smallest absolute Gasteiger partial charge is 0.0342 e. The molecule has 1 aliphatic carbocycles. The number of nitrogens with one attached hydrogen (secondary N) is 1. The van der Waals surface area contributed by atoms with Gasteiger partial charge in [-0.25, -0.2) is 0 Å². The monoisotopic (exact) mass is 189 g/mol. The van der Waals surface area contributed by atoms with Crippen molar-refractivity contribution in [2.24, 2.45) is 5.41 Å². The van der Waals surface area contributed by atoms with Gasteiger partial charge in [0.2, 0.25) is 0 Å². The van der Waals surface area contributed by atoms with Crippen molar-refractivity contribution in [1.82, 2.24) is 0 Å². The Labute approximate surface area is 86.5 Å². The molecule has 1 N–H and O–H groups in total. The van der Waals surface area contributed by atoms with Crippen LogP contribution in [0.3, 0.4) is 0 Å². The van der Waals surface area contributed by atoms with Gasteiger partial charge in [-0.05, 0) is 37.3 Å². The average molecular weight is 189 g/mol. The maximum Gasteiger partial charge on any atom is 0.0342 e. The summed E-state index contributed by atoms with van der Waals surface area (Å²) >= 11 is 0. The van der Waals surface area contributed by atoms with Crippen LogP contribution in [0.5, 0.6) is 0 Å². The van der Waals surface area contributed by atoms with E-state index in [1.54, 1.807) is 0 Å². The molecule has 2 rings (SSSR count). The highest BCUT2D eigenvalue weighted by molar-refractivity contribution is 5.45. The van der Waals surface area contributed by atoms with Crippen molar-refractivity contribution < 1.29 is 0 Å². The summed E-state index contributed by atoms with van der Waals surface area (Å²) in [6, 6.07) is 9.34. The predicted molar refractivity (Wildman–Crippen MR) is 61.6 cm³/mol. The third kappa shape index (κ3) is 2.09. The molecule has 0 aromatic heterocycles. The maximum atomic E-state index is 3.56. The van der Waals surface area contributed by atoms with Crippen LogP contribution in [0.25, 0.3) is 0 Å². The van der Waals surface area contributed by atoms with Crippen LogP contribution in [0, 0.1) is 12.3 Å². The number of rotatable bonds is 2. The fraction of sp³-hybridized carbons (Fsp3) is 0.538. The molecule has 0 spiro atoms. The van der Waals surface area contributed by atoms with E-state index < -0.39 is 0 Å². The van der Waals surface area contributed by atoms with E-state index >= 15 is 0 Å². The van der Waals surface area contributed by atoms with Crippen LogP contribution in [-0.4, -0.2) is 6.04 Å². The van der Waals surface area contributed by atoms with Gasteiger partial charge in [-0.2, -0.15) is 0 Å². The van der Waals surface area contributed by atoms with Gasteiger partial charge >= 0.3 is 0 Å². The maximum absolute atomic E-state index is 3.56. The van der Waals surface area contributed by atoms with E-state index in [0.29, 0.717) is 11.5 Å². The number of hydrogen-bond donors (Lipinski definition) is 1. The molecule has 1 aromatic rings. The quantitative estimate of drug-likeness (QED) is 0.749. The fourth-order valence-corrected chi connectivity index (χ4v) is 2.26. The minimum Gasteiger partial charge on any atom is -0.382 e. The molecule has 1 fully saturated rings. The molecule has 1 nitrogen and oxygen atoms in total. The van der Waals surface area contributed by atoms with Gasteiger partial charge in [0.25, 0.3) is 0 Å². The second-order valence-electron chi connectivity index (χ2n) is 5.28. The van der Waals surface area contributed by atoms with Crippen LogP contribution in [0.4, 0.5) is 5.69 Å². The van der Waals surface area contributed by atoms with Gasteiger partial charge < -0.3 is 5.32 Å². The second kappa shape index (κ2) is 3.30. The lowest BCUT2D eigenvalue weighted by molar-refractivity contribution is 0.167. The predicted octanol–water partition coefficient (Wildman–Crippen LogP) is 3.60. The summed E-state index contributed by atoms with van der Waals surface area (Å²) in [6.07, 6.45) is 2.59. The molecular formula is C13H19N. The summed E-state index contributed by atoms with van der Waals surface area (Å²) in [7, 11) is 0. The van der Waals surface area contributed by atoms with E-state index in [0.717, 1.165) is 0 Å². The van der Waals surface area contributed by atoms with Crippen molar-refractivity contribution >= 4 is 5.69 Å². The third-order valence-electron chi connectivity index (χ3n) is 3.02. The first-order valence-electron chi connectivity index (χ1n) is 5.38. The third-order valence-corrected chi connectivity index (χ3v) is 3.02. The minimum absolute atomic E-state index is 0.558. The van der Waals surface area contributed by atoms with Gasteiger partial charge in [0.15, 0.2) is 0 Å². The molecule has 1 saturated carbocycles. The standard InChI is InChI=1S/C13H19N/c1-10-4-6-11(7-5-10)14-12-8-13(2,3)9-12/h4-7,12,14H,8-9H2,1-3H3. The Morgan fingerprint density at radius 1 is 1.14 bits per heavy atom. The van der Waals surface area contributed by atoms with Gasteiger partial charge in [-0.15, -0.1) is 0 Å². The average Bonchev–Trinajstić information content (AvgIpc) is 2.06. The molecule has 1 aliphatic rings. The van der Waals surface area contributed by atoms with Gasteiger partial charge in [0, 0.05) is 11.7 Å². The zero-order valence-corrected chi connectivity index (χ0v) is 9.30. The topological polar surface area (TPSA) is 12.0 Å². The second-order valence-corrected chi connectivity index (χ2v) is 5.28. The summed E-state index contributed by atoms with van der Waals surface area (Å²) < 4.78 is 0. The van der Waals surface area contributed by atoms with Crippen LogP contribution in [0.15, 0.2) is 24.3 Å². The minimum atomic E-state index is 0.558. The first-order chi connectivity index (χ1) is 6.55. The lowest BCUT2D eigenvalue weighted by atomic mass is 9.68. The highest BCUT2D eigenvalue weighted by atomic mass is 14.9. The Hall–Kier alpha value is -0.980. The zero-order valence-electron chi connectivity index (χ0n) is 9.30. The molecule has 0 bridgehead atoms. The number of benzene rings is 1. The largest absolute Gasteiger partial charge is 0.382 e. The van der Waals surface area contributed by atoms with Crippen molar-refractivity contribution in [1.29, 1.82) is 0 Å². The molecule has 0 unspecified atom stereocenters. The zero-order chi connectivity index (χ0) is 10.2. The lowest BCUT2D eigenvalue weighted by Crippen LogP contribution is -2.41. The van der Waals surface area contributed by atoms with Crippen LogP contribution < -0.4 is 5.32 Å². The Morgan fingerprint density at radius 3 is 2.21 bits per heavy atom. The van der Waals surface area contributed by atoms with E-state index in [4.69, 9.17) is 0 Å². The SMILES string of the molecule is Cc1ccc(NC2CC(C)(C)C2)cc1. The first kappa shape index (κ1) is 9.57. The number of hydrogen-bond acceptors (Lipinski definition) is 1. The van der Waals surface area contributed by atoms with Crippen molar-refractivity contribution in [3.63, 3.8) is 0 Å². The van der Waals surface area contributed by atoms with Gasteiger partial charge in [0.05, 0.1) is 0 Å². The highest BCUT2D eigenvalue weighted by Crippen LogP contribution is 2.41. The van der Waals surface area contributed by atoms with E-state index in [2.05, 4.69) is 50.4 Å². The van der Waals surface area contributed by atoms with Gasteiger partial charge in [-0.1, -0.05) is 31.5 Å². The van der Waals surface area contributed by atoms with Gasteiger partial charge in [0.1, 0.15) is 0 Å². The molecule has 76 valence electrons. The van der Waals surface area contributed by atoms with Crippen LogP contribution in [0.1, 0.15) is 32.3 Å². The normalized spacial score (nSPS) is 20.2. The highest BCUT2D eigenvalue weighted by Gasteiger charge is 2.35. The molecule has 1 aromatic carbocycles. The molecule has 0 radical (unpaired) electrons. The summed E-state index contributed by atoms with van der Waals surface area (Å²) in [5, 5.41) is 3.56. The van der Waals surface area contributed by atoms with Crippen LogP contribution in [0.2, 0.25) is 0 Å². The van der Waals surface area contributed by atoms with E-state index in [1.165, 1.54) is 24.1 Å². The van der Waals surface area contributed by atoms with E-state index in [-0.39, 0.29) is 0 Å². The summed E-state index contributed by atoms with van der Waals surface area (Å²) in [5.74, 6) is 0. The molecule has 0 amide bonds. The summed E-state index contributed by atoms with van der Waals surface area (Å²) in [6.45, 7) is 6.79. The molecule has 0 atom stereocenters. The number of anilines is 1.